The van der Waals surface area contributed by atoms with Gasteiger partial charge >= 0.3 is 23.9 Å². The van der Waals surface area contributed by atoms with Crippen molar-refractivity contribution in [2.24, 2.45) is 5.41 Å². The van der Waals surface area contributed by atoms with Crippen molar-refractivity contribution in [3.8, 4) is 28.0 Å². The zero-order valence-corrected chi connectivity index (χ0v) is 36.5. The van der Waals surface area contributed by atoms with Crippen molar-refractivity contribution in [1.29, 1.82) is 0 Å². The van der Waals surface area contributed by atoms with Gasteiger partial charge in [-0.2, -0.15) is 0 Å². The molecule has 0 amide bonds. The first-order chi connectivity index (χ1) is 29.4. The zero-order valence-electron chi connectivity index (χ0n) is 36.5. The number of aryl methyl sites for hydroxylation is 2. The highest BCUT2D eigenvalue weighted by Gasteiger charge is 2.38. The number of unbranched alkanes of at least 4 members (excludes halogenated alkanes) is 4. The molecular weight excluding hydrogens is 803 g/mol. The SMILES string of the molecule is C=C(C)C(=O)OCCCc1cc(-c2c(F)cc(-c3ccc(CCCCCCC)cc3)cc2F)ccc1OCC(COC(=O)CC(C)=O)(COC(=O)CC(C)=O)COC(=O)C(=C)C. The Morgan fingerprint density at radius 3 is 1.66 bits per heavy atom. The molecule has 3 rings (SSSR count). The second-order valence-electron chi connectivity index (χ2n) is 15.7. The van der Waals surface area contributed by atoms with Crippen LogP contribution in [0.4, 0.5) is 8.78 Å². The molecule has 0 aliphatic carbocycles. The molecule has 0 atom stereocenters. The molecule has 0 radical (unpaired) electrons. The Balaban J connectivity index is 2.01. The Hall–Kier alpha value is -5.98. The Labute approximate surface area is 362 Å². The summed E-state index contributed by atoms with van der Waals surface area (Å²) in [6.07, 6.45) is 6.05. The fraction of sp³-hybridized carbons (Fsp3) is 0.429. The lowest BCUT2D eigenvalue weighted by atomic mass is 9.91. The van der Waals surface area contributed by atoms with Crippen molar-refractivity contribution >= 4 is 35.4 Å². The Bertz CT molecular complexity index is 2030. The van der Waals surface area contributed by atoms with Gasteiger partial charge in [0.2, 0.25) is 0 Å². The van der Waals surface area contributed by atoms with Crippen LogP contribution in [0.5, 0.6) is 5.75 Å². The fourth-order valence-electron chi connectivity index (χ4n) is 6.23. The third-order valence-electron chi connectivity index (χ3n) is 9.68. The lowest BCUT2D eigenvalue weighted by molar-refractivity contribution is -0.163. The summed E-state index contributed by atoms with van der Waals surface area (Å²) >= 11 is 0. The minimum Gasteiger partial charge on any atom is -0.492 e. The van der Waals surface area contributed by atoms with Crippen LogP contribution in [-0.4, -0.2) is 68.5 Å². The number of ketones is 2. The Morgan fingerprint density at radius 2 is 1.11 bits per heavy atom. The number of carbonyl (C=O) groups is 6. The topological polar surface area (TPSA) is 149 Å². The van der Waals surface area contributed by atoms with E-state index in [0.29, 0.717) is 16.7 Å². The molecule has 0 N–H and O–H groups in total. The molecule has 0 bridgehead atoms. The third kappa shape index (κ3) is 16.8. The summed E-state index contributed by atoms with van der Waals surface area (Å²) in [6, 6.07) is 14.7. The van der Waals surface area contributed by atoms with Crippen LogP contribution in [0, 0.1) is 17.0 Å². The maximum atomic E-state index is 16.0. The zero-order chi connectivity index (χ0) is 45.8. The normalized spacial score (nSPS) is 11.0. The van der Waals surface area contributed by atoms with E-state index < -0.39 is 91.8 Å². The number of hydrogen-bond acceptors (Lipinski definition) is 11. The maximum absolute atomic E-state index is 16.0. The van der Waals surface area contributed by atoms with Crippen LogP contribution in [0.2, 0.25) is 0 Å². The van der Waals surface area contributed by atoms with Gasteiger partial charge in [-0.15, -0.1) is 0 Å². The average molecular weight is 861 g/mol. The van der Waals surface area contributed by atoms with Gasteiger partial charge in [0.05, 0.1) is 12.2 Å². The quantitative estimate of drug-likeness (QED) is 0.0237. The first kappa shape index (κ1) is 50.4. The molecule has 0 aliphatic heterocycles. The van der Waals surface area contributed by atoms with E-state index in [2.05, 4.69) is 20.1 Å². The molecule has 0 fully saturated rings. The van der Waals surface area contributed by atoms with E-state index in [0.717, 1.165) is 24.8 Å². The number of esters is 4. The van der Waals surface area contributed by atoms with Crippen molar-refractivity contribution in [1.82, 2.24) is 0 Å². The smallest absolute Gasteiger partial charge is 0.333 e. The van der Waals surface area contributed by atoms with Gasteiger partial charge in [0, 0.05) is 11.1 Å². The number of halogens is 2. The summed E-state index contributed by atoms with van der Waals surface area (Å²) in [6.45, 7) is 12.5. The van der Waals surface area contributed by atoms with Gasteiger partial charge in [-0.25, -0.2) is 18.4 Å². The number of ether oxygens (including phenoxy) is 5. The predicted octanol–water partition coefficient (Wildman–Crippen LogP) is 9.39. The number of carbonyl (C=O) groups excluding carboxylic acids is 6. The van der Waals surface area contributed by atoms with Crippen LogP contribution in [0.15, 0.2) is 78.9 Å². The fourth-order valence-corrected chi connectivity index (χ4v) is 6.23. The second-order valence-corrected chi connectivity index (χ2v) is 15.7. The second kappa shape index (κ2) is 25.1. The van der Waals surface area contributed by atoms with Gasteiger partial charge in [0.1, 0.15) is 73.6 Å². The highest BCUT2D eigenvalue weighted by atomic mass is 19.1. The summed E-state index contributed by atoms with van der Waals surface area (Å²) in [5.41, 5.74) is 1.16. The van der Waals surface area contributed by atoms with Crippen LogP contribution in [0.1, 0.15) is 97.1 Å². The first-order valence-electron chi connectivity index (χ1n) is 20.7. The number of rotatable bonds is 27. The van der Waals surface area contributed by atoms with Crippen molar-refractivity contribution in [3.63, 3.8) is 0 Å². The van der Waals surface area contributed by atoms with Gasteiger partial charge in [-0.3, -0.25) is 19.2 Å². The average Bonchev–Trinajstić information content (AvgIpc) is 3.21. The van der Waals surface area contributed by atoms with Crippen molar-refractivity contribution in [2.75, 3.05) is 33.0 Å². The summed E-state index contributed by atoms with van der Waals surface area (Å²) < 4.78 is 59.8. The maximum Gasteiger partial charge on any atom is 0.333 e. The van der Waals surface area contributed by atoms with E-state index in [1.807, 2.05) is 24.3 Å². The van der Waals surface area contributed by atoms with Crippen LogP contribution in [0.25, 0.3) is 22.3 Å². The first-order valence-corrected chi connectivity index (χ1v) is 20.7. The molecule has 3 aromatic rings. The van der Waals surface area contributed by atoms with E-state index in [1.165, 1.54) is 77.3 Å². The molecule has 0 saturated heterocycles. The highest BCUT2D eigenvalue weighted by molar-refractivity contribution is 5.94. The molecule has 11 nitrogen and oxygen atoms in total. The van der Waals surface area contributed by atoms with E-state index in [-0.39, 0.29) is 47.5 Å². The minimum absolute atomic E-state index is 0.0244. The van der Waals surface area contributed by atoms with Gasteiger partial charge in [0.15, 0.2) is 0 Å². The molecule has 0 aliphatic rings. The Morgan fingerprint density at radius 1 is 0.581 bits per heavy atom. The lowest BCUT2D eigenvalue weighted by Gasteiger charge is -2.32. The van der Waals surface area contributed by atoms with Gasteiger partial charge in [0.25, 0.3) is 0 Å². The molecule has 62 heavy (non-hydrogen) atoms. The third-order valence-corrected chi connectivity index (χ3v) is 9.68. The number of Topliss-reactive ketones (excluding diaryl/α,β-unsaturated/α-hetero) is 2. The van der Waals surface area contributed by atoms with Crippen molar-refractivity contribution in [3.05, 3.63) is 102 Å². The lowest BCUT2D eigenvalue weighted by Crippen LogP contribution is -2.44. The predicted molar refractivity (Wildman–Crippen MR) is 230 cm³/mol. The molecule has 0 heterocycles. The standard InChI is InChI=1S/C49H58F2O11/c1-8-9-10-11-12-14-36-16-18-37(19-17-36)40-26-41(50)46(42(51)27-40)39-20-21-43(38(25-39)15-13-22-58-47(56)32(2)3)59-28-49(31-62-48(57)33(4)5,29-60-44(54)23-34(6)52)30-61-45(55)24-35(7)53/h16-21,25-27H,2,4,8-15,22-24,28-31H2,1,3,5-7H3. The largest absolute Gasteiger partial charge is 0.492 e. The van der Waals surface area contributed by atoms with Gasteiger partial charge < -0.3 is 23.7 Å². The van der Waals surface area contributed by atoms with Crippen LogP contribution in [0.3, 0.4) is 0 Å². The molecular formula is C49H58F2O11. The Kier molecular flexibility index (Phi) is 20.4. The van der Waals surface area contributed by atoms with Gasteiger partial charge in [-0.05, 0) is 105 Å². The van der Waals surface area contributed by atoms with Crippen molar-refractivity contribution in [2.45, 2.75) is 98.8 Å². The van der Waals surface area contributed by atoms with Crippen molar-refractivity contribution < 1.29 is 61.2 Å². The molecule has 0 unspecified atom stereocenters. The molecule has 0 spiro atoms. The monoisotopic (exact) mass is 860 g/mol. The summed E-state index contributed by atoms with van der Waals surface area (Å²) in [5, 5.41) is 0. The number of hydrogen-bond donors (Lipinski definition) is 0. The van der Waals surface area contributed by atoms with E-state index in [4.69, 9.17) is 23.7 Å². The molecule has 3 aromatic carbocycles. The number of benzene rings is 3. The van der Waals surface area contributed by atoms with Crippen LogP contribution < -0.4 is 4.74 Å². The molecule has 334 valence electrons. The minimum atomic E-state index is -1.60. The van der Waals surface area contributed by atoms with Gasteiger partial charge in [-0.1, -0.05) is 76.1 Å². The van der Waals surface area contributed by atoms with E-state index in [1.54, 1.807) is 0 Å². The van der Waals surface area contributed by atoms with Crippen LogP contribution in [-0.2, 0) is 60.6 Å². The van der Waals surface area contributed by atoms with Crippen LogP contribution >= 0.6 is 0 Å². The summed E-state index contributed by atoms with van der Waals surface area (Å²) in [5.74, 6) is -5.58. The van der Waals surface area contributed by atoms with E-state index in [9.17, 15) is 28.8 Å². The summed E-state index contributed by atoms with van der Waals surface area (Å²) in [7, 11) is 0. The molecule has 0 saturated carbocycles. The molecule has 13 heteroatoms. The van der Waals surface area contributed by atoms with E-state index >= 15 is 8.78 Å². The molecule has 0 aromatic heterocycles. The highest BCUT2D eigenvalue weighted by Crippen LogP contribution is 2.35. The summed E-state index contributed by atoms with van der Waals surface area (Å²) in [4.78, 5) is 73.0.